The number of aromatic carboxylic acids is 1. The van der Waals surface area contributed by atoms with E-state index in [0.717, 1.165) is 5.56 Å². The predicted molar refractivity (Wildman–Crippen MR) is 67.8 cm³/mol. The summed E-state index contributed by atoms with van der Waals surface area (Å²) in [6, 6.07) is 3.03. The van der Waals surface area contributed by atoms with E-state index in [1.807, 2.05) is 13.8 Å². The Balaban J connectivity index is 2.71. The predicted octanol–water partition coefficient (Wildman–Crippen LogP) is 2.22. The Labute approximate surface area is 107 Å². The van der Waals surface area contributed by atoms with E-state index in [9.17, 15) is 13.2 Å². The molecule has 0 saturated heterocycles. The van der Waals surface area contributed by atoms with Crippen LogP contribution in [0.4, 0.5) is 0 Å². The van der Waals surface area contributed by atoms with E-state index in [1.165, 1.54) is 6.07 Å². The molecule has 1 heterocycles. The summed E-state index contributed by atoms with van der Waals surface area (Å²) in [4.78, 5) is 11.3. The molecule has 18 heavy (non-hydrogen) atoms. The van der Waals surface area contributed by atoms with Crippen LogP contribution in [0.1, 0.15) is 41.3 Å². The average molecular weight is 268 g/mol. The highest BCUT2D eigenvalue weighted by Crippen LogP contribution is 2.40. The highest BCUT2D eigenvalue weighted by Gasteiger charge is 2.37. The van der Waals surface area contributed by atoms with Gasteiger partial charge in [0.1, 0.15) is 0 Å². The minimum atomic E-state index is -3.34. The van der Waals surface area contributed by atoms with Gasteiger partial charge in [-0.1, -0.05) is 19.9 Å². The summed E-state index contributed by atoms with van der Waals surface area (Å²) in [5, 5.41) is 9.05. The Kier molecular flexibility index (Phi) is 2.97. The van der Waals surface area contributed by atoms with Gasteiger partial charge < -0.3 is 5.11 Å². The van der Waals surface area contributed by atoms with Crippen molar-refractivity contribution in [2.45, 2.75) is 31.6 Å². The zero-order valence-electron chi connectivity index (χ0n) is 10.6. The van der Waals surface area contributed by atoms with Gasteiger partial charge in [0.25, 0.3) is 0 Å². The van der Waals surface area contributed by atoms with Crippen molar-refractivity contribution in [2.75, 3.05) is 5.75 Å². The van der Waals surface area contributed by atoms with E-state index in [4.69, 9.17) is 5.11 Å². The smallest absolute Gasteiger partial charge is 0.335 e. The standard InChI is InChI=1S/C13H16O4S/c1-7(2)11-6-18(16,17)12-5-9(13(14)15)8(3)4-10(11)12/h4-5,7,11H,6H2,1-3H3,(H,14,15). The van der Waals surface area contributed by atoms with Gasteiger partial charge in [0.2, 0.25) is 0 Å². The monoisotopic (exact) mass is 268 g/mol. The maximum absolute atomic E-state index is 12.1. The van der Waals surface area contributed by atoms with Crippen LogP contribution in [0.5, 0.6) is 0 Å². The zero-order valence-corrected chi connectivity index (χ0v) is 11.4. The molecule has 0 amide bonds. The quantitative estimate of drug-likeness (QED) is 0.892. The van der Waals surface area contributed by atoms with Gasteiger partial charge in [-0.15, -0.1) is 0 Å². The number of carbonyl (C=O) groups is 1. The SMILES string of the molecule is Cc1cc2c(cc1C(=O)O)S(=O)(=O)CC2C(C)C. The van der Waals surface area contributed by atoms with E-state index in [2.05, 4.69) is 0 Å². The lowest BCUT2D eigenvalue weighted by Crippen LogP contribution is -2.09. The lowest BCUT2D eigenvalue weighted by molar-refractivity contribution is 0.0696. The van der Waals surface area contributed by atoms with E-state index in [-0.39, 0.29) is 28.0 Å². The largest absolute Gasteiger partial charge is 0.478 e. The first-order valence-electron chi connectivity index (χ1n) is 5.84. The lowest BCUT2D eigenvalue weighted by atomic mass is 9.88. The van der Waals surface area contributed by atoms with Crippen LogP contribution in [0.3, 0.4) is 0 Å². The number of sulfone groups is 1. The van der Waals surface area contributed by atoms with Crippen molar-refractivity contribution in [3.8, 4) is 0 Å². The average Bonchev–Trinajstić information content (AvgIpc) is 2.49. The fraction of sp³-hybridized carbons (Fsp3) is 0.462. The zero-order chi connectivity index (χ0) is 13.7. The third-order valence-electron chi connectivity index (χ3n) is 3.53. The molecule has 0 aliphatic carbocycles. The van der Waals surface area contributed by atoms with Crippen molar-refractivity contribution >= 4 is 15.8 Å². The number of hydrogen-bond donors (Lipinski definition) is 1. The van der Waals surface area contributed by atoms with Gasteiger partial charge in [-0.05, 0) is 30.0 Å². The summed E-state index contributed by atoms with van der Waals surface area (Å²) in [5.74, 6) is -0.816. The number of hydrogen-bond acceptors (Lipinski definition) is 3. The molecular formula is C13H16O4S. The molecule has 1 unspecified atom stereocenters. The maximum Gasteiger partial charge on any atom is 0.335 e. The molecule has 1 aliphatic rings. The second-order valence-corrected chi connectivity index (χ2v) is 7.14. The number of rotatable bonds is 2. The molecule has 1 aromatic carbocycles. The van der Waals surface area contributed by atoms with Gasteiger partial charge in [0.05, 0.1) is 16.2 Å². The topological polar surface area (TPSA) is 71.4 Å². The van der Waals surface area contributed by atoms with Gasteiger partial charge in [0.15, 0.2) is 9.84 Å². The van der Waals surface area contributed by atoms with Crippen LogP contribution < -0.4 is 0 Å². The Morgan fingerprint density at radius 2 is 2.00 bits per heavy atom. The molecule has 2 rings (SSSR count). The van der Waals surface area contributed by atoms with Gasteiger partial charge >= 0.3 is 5.97 Å². The lowest BCUT2D eigenvalue weighted by Gasteiger charge is -2.14. The first-order valence-corrected chi connectivity index (χ1v) is 7.50. The summed E-state index contributed by atoms with van der Waals surface area (Å²) in [6.45, 7) is 5.66. The molecule has 0 bridgehead atoms. The van der Waals surface area contributed by atoms with E-state index in [1.54, 1.807) is 13.0 Å². The Morgan fingerprint density at radius 3 is 2.50 bits per heavy atom. The molecule has 5 heteroatoms. The fourth-order valence-electron chi connectivity index (χ4n) is 2.47. The van der Waals surface area contributed by atoms with E-state index < -0.39 is 15.8 Å². The van der Waals surface area contributed by atoms with Gasteiger partial charge in [0, 0.05) is 5.92 Å². The van der Waals surface area contributed by atoms with Crippen molar-refractivity contribution < 1.29 is 18.3 Å². The summed E-state index contributed by atoms with van der Waals surface area (Å²) in [5.41, 5.74) is 1.46. The molecule has 0 saturated carbocycles. The minimum Gasteiger partial charge on any atom is -0.478 e. The fourth-order valence-corrected chi connectivity index (χ4v) is 4.55. The molecule has 1 aromatic rings. The molecule has 1 N–H and O–H groups in total. The van der Waals surface area contributed by atoms with Crippen molar-refractivity contribution in [1.29, 1.82) is 0 Å². The van der Waals surface area contributed by atoms with Gasteiger partial charge in [-0.25, -0.2) is 13.2 Å². The number of aryl methyl sites for hydroxylation is 1. The third-order valence-corrected chi connectivity index (χ3v) is 5.35. The maximum atomic E-state index is 12.1. The van der Waals surface area contributed by atoms with Crippen LogP contribution in [0.2, 0.25) is 0 Å². The first-order chi connectivity index (χ1) is 8.24. The number of fused-ring (bicyclic) bond motifs is 1. The molecule has 0 spiro atoms. The minimum absolute atomic E-state index is 0.0356. The number of carboxylic acid groups (broad SMARTS) is 1. The van der Waals surface area contributed by atoms with Crippen LogP contribution in [-0.2, 0) is 9.84 Å². The highest BCUT2D eigenvalue weighted by molar-refractivity contribution is 7.91. The van der Waals surface area contributed by atoms with Crippen LogP contribution in [0.25, 0.3) is 0 Å². The molecule has 0 fully saturated rings. The second-order valence-electron chi connectivity index (χ2n) is 5.14. The molecule has 1 aliphatic heterocycles. The van der Waals surface area contributed by atoms with Crippen LogP contribution in [-0.4, -0.2) is 25.2 Å². The summed E-state index contributed by atoms with van der Waals surface area (Å²) < 4.78 is 24.1. The summed E-state index contributed by atoms with van der Waals surface area (Å²) >= 11 is 0. The van der Waals surface area contributed by atoms with Gasteiger partial charge in [-0.2, -0.15) is 0 Å². The second kappa shape index (κ2) is 4.09. The third kappa shape index (κ3) is 1.92. The van der Waals surface area contributed by atoms with E-state index in [0.29, 0.717) is 5.56 Å². The molecule has 4 nitrogen and oxygen atoms in total. The molecule has 0 aromatic heterocycles. The first kappa shape index (κ1) is 13.1. The van der Waals surface area contributed by atoms with Crippen LogP contribution in [0.15, 0.2) is 17.0 Å². The van der Waals surface area contributed by atoms with Crippen molar-refractivity contribution in [2.24, 2.45) is 5.92 Å². The molecule has 0 radical (unpaired) electrons. The number of carboxylic acids is 1. The molecular weight excluding hydrogens is 252 g/mol. The van der Waals surface area contributed by atoms with Crippen molar-refractivity contribution in [3.05, 3.63) is 28.8 Å². The van der Waals surface area contributed by atoms with Crippen LogP contribution >= 0.6 is 0 Å². The molecule has 1 atom stereocenters. The number of benzene rings is 1. The van der Waals surface area contributed by atoms with Crippen LogP contribution in [0, 0.1) is 12.8 Å². The van der Waals surface area contributed by atoms with Crippen molar-refractivity contribution in [1.82, 2.24) is 0 Å². The Bertz CT molecular complexity index is 614. The highest BCUT2D eigenvalue weighted by atomic mass is 32.2. The Hall–Kier alpha value is -1.36. The molecule has 98 valence electrons. The summed E-state index contributed by atoms with van der Waals surface area (Å²) in [7, 11) is -3.34. The van der Waals surface area contributed by atoms with Gasteiger partial charge in [-0.3, -0.25) is 0 Å². The van der Waals surface area contributed by atoms with E-state index >= 15 is 0 Å². The van der Waals surface area contributed by atoms with Crippen molar-refractivity contribution in [3.63, 3.8) is 0 Å². The Morgan fingerprint density at radius 1 is 1.39 bits per heavy atom. The summed E-state index contributed by atoms with van der Waals surface area (Å²) in [6.07, 6.45) is 0. The normalized spacial score (nSPS) is 21.0.